The number of nitrogens with zero attached hydrogens (tertiary/aromatic N) is 2. The van der Waals surface area contributed by atoms with E-state index in [0.29, 0.717) is 18.9 Å². The molecule has 0 unspecified atom stereocenters. The fourth-order valence-corrected chi connectivity index (χ4v) is 3.03. The molecule has 3 rings (SSSR count). The first kappa shape index (κ1) is 13.9. The largest absolute Gasteiger partial charge is 0.492 e. The third kappa shape index (κ3) is 2.71. The Hall–Kier alpha value is -2.08. The fourth-order valence-electron chi connectivity index (χ4n) is 2.25. The zero-order chi connectivity index (χ0) is 14.8. The van der Waals surface area contributed by atoms with Crippen molar-refractivity contribution in [3.63, 3.8) is 0 Å². The highest BCUT2D eigenvalue weighted by molar-refractivity contribution is 7.15. The van der Waals surface area contributed by atoms with Crippen LogP contribution in [0.5, 0.6) is 5.75 Å². The Morgan fingerprint density at radius 3 is 3.10 bits per heavy atom. The van der Waals surface area contributed by atoms with E-state index in [2.05, 4.69) is 14.7 Å². The molecule has 0 aliphatic heterocycles. The van der Waals surface area contributed by atoms with Crippen molar-refractivity contribution in [1.29, 1.82) is 0 Å². The highest BCUT2D eigenvalue weighted by Crippen LogP contribution is 2.26. The Morgan fingerprint density at radius 1 is 1.43 bits per heavy atom. The summed E-state index contributed by atoms with van der Waals surface area (Å²) in [6.45, 7) is 4.98. The lowest BCUT2D eigenvalue weighted by molar-refractivity contribution is 0.339. The van der Waals surface area contributed by atoms with Crippen molar-refractivity contribution in [2.75, 3.05) is 11.9 Å². The summed E-state index contributed by atoms with van der Waals surface area (Å²) in [6, 6.07) is 4.52. The van der Waals surface area contributed by atoms with Gasteiger partial charge in [-0.2, -0.15) is 0 Å². The third-order valence-electron chi connectivity index (χ3n) is 3.25. The van der Waals surface area contributed by atoms with Crippen molar-refractivity contribution in [2.24, 2.45) is 0 Å². The van der Waals surface area contributed by atoms with Crippen LogP contribution in [-0.4, -0.2) is 16.0 Å². The number of imidazole rings is 1. The Bertz CT molecular complexity index is 765. The van der Waals surface area contributed by atoms with Crippen LogP contribution in [-0.2, 0) is 6.54 Å². The van der Waals surface area contributed by atoms with Crippen LogP contribution in [0.1, 0.15) is 18.3 Å². The fraction of sp³-hybridized carbons (Fsp3) is 0.267. The summed E-state index contributed by atoms with van der Waals surface area (Å²) in [5.74, 6) is 0.228. The van der Waals surface area contributed by atoms with Gasteiger partial charge < -0.3 is 10.1 Å². The van der Waals surface area contributed by atoms with Crippen LogP contribution in [0.25, 0.3) is 4.96 Å². The van der Waals surface area contributed by atoms with Crippen LogP contribution < -0.4 is 10.1 Å². The first-order valence-electron chi connectivity index (χ1n) is 6.76. The van der Waals surface area contributed by atoms with E-state index in [0.717, 1.165) is 22.0 Å². The minimum Gasteiger partial charge on any atom is -0.492 e. The number of aromatic nitrogens is 2. The molecule has 6 heteroatoms. The average Bonchev–Trinajstić information content (AvgIpc) is 3.00. The highest BCUT2D eigenvalue weighted by Gasteiger charge is 2.11. The van der Waals surface area contributed by atoms with E-state index < -0.39 is 0 Å². The van der Waals surface area contributed by atoms with Gasteiger partial charge in [0.1, 0.15) is 11.6 Å². The Morgan fingerprint density at radius 2 is 2.29 bits per heavy atom. The molecule has 0 aliphatic rings. The van der Waals surface area contributed by atoms with E-state index in [9.17, 15) is 4.39 Å². The molecular formula is C15H16FN3OS. The highest BCUT2D eigenvalue weighted by atomic mass is 32.1. The van der Waals surface area contributed by atoms with Crippen LogP contribution in [0.4, 0.5) is 10.1 Å². The topological polar surface area (TPSA) is 38.6 Å². The lowest BCUT2D eigenvalue weighted by Crippen LogP contribution is -2.05. The van der Waals surface area contributed by atoms with E-state index in [1.165, 1.54) is 12.1 Å². The van der Waals surface area contributed by atoms with Gasteiger partial charge in [-0.25, -0.2) is 9.37 Å². The molecule has 2 heterocycles. The standard InChI is InChI=1S/C15H16FN3OS/c1-3-20-14-8-11(16)4-5-12(14)17-9-13-10(2)18-15-19(13)6-7-21-15/h4-8,17H,3,9H2,1-2H3. The van der Waals surface area contributed by atoms with Crippen molar-refractivity contribution in [2.45, 2.75) is 20.4 Å². The lowest BCUT2D eigenvalue weighted by Gasteiger charge is -2.12. The number of aryl methyl sites for hydroxylation is 1. The second kappa shape index (κ2) is 5.73. The number of thiazole rings is 1. The van der Waals surface area contributed by atoms with Crippen molar-refractivity contribution < 1.29 is 9.13 Å². The van der Waals surface area contributed by atoms with Gasteiger partial charge in [0, 0.05) is 17.6 Å². The molecule has 0 aliphatic carbocycles. The van der Waals surface area contributed by atoms with E-state index in [1.807, 2.05) is 25.4 Å². The summed E-state index contributed by atoms with van der Waals surface area (Å²) in [5.41, 5.74) is 2.87. The first-order chi connectivity index (χ1) is 10.2. The molecule has 110 valence electrons. The maximum atomic E-state index is 13.3. The molecule has 3 aromatic rings. The molecule has 0 spiro atoms. The molecule has 0 saturated heterocycles. The summed E-state index contributed by atoms with van der Waals surface area (Å²) >= 11 is 1.61. The summed E-state index contributed by atoms with van der Waals surface area (Å²) in [4.78, 5) is 5.49. The summed E-state index contributed by atoms with van der Waals surface area (Å²) in [7, 11) is 0. The van der Waals surface area contributed by atoms with E-state index in [-0.39, 0.29) is 5.82 Å². The number of anilines is 1. The van der Waals surface area contributed by atoms with E-state index in [4.69, 9.17) is 4.74 Å². The molecule has 21 heavy (non-hydrogen) atoms. The Balaban J connectivity index is 1.84. The molecule has 0 bridgehead atoms. The second-order valence-electron chi connectivity index (χ2n) is 4.63. The summed E-state index contributed by atoms with van der Waals surface area (Å²) < 4.78 is 20.8. The minimum atomic E-state index is -0.301. The van der Waals surface area contributed by atoms with Crippen LogP contribution >= 0.6 is 11.3 Å². The summed E-state index contributed by atoms with van der Waals surface area (Å²) in [6.07, 6.45) is 2.01. The van der Waals surface area contributed by atoms with Gasteiger partial charge in [0.25, 0.3) is 0 Å². The van der Waals surface area contributed by atoms with Crippen LogP contribution in [0.3, 0.4) is 0 Å². The van der Waals surface area contributed by atoms with Crippen LogP contribution in [0.2, 0.25) is 0 Å². The first-order valence-corrected chi connectivity index (χ1v) is 7.64. The van der Waals surface area contributed by atoms with Gasteiger partial charge in [-0.05, 0) is 26.0 Å². The zero-order valence-corrected chi connectivity index (χ0v) is 12.7. The van der Waals surface area contributed by atoms with Crippen molar-refractivity contribution in [3.8, 4) is 5.75 Å². The van der Waals surface area contributed by atoms with Gasteiger partial charge in [-0.15, -0.1) is 11.3 Å². The monoisotopic (exact) mass is 305 g/mol. The van der Waals surface area contributed by atoms with Gasteiger partial charge in [-0.1, -0.05) is 0 Å². The predicted molar refractivity (Wildman–Crippen MR) is 82.7 cm³/mol. The number of benzene rings is 1. The summed E-state index contributed by atoms with van der Waals surface area (Å²) in [5, 5.41) is 5.31. The number of halogens is 1. The quantitative estimate of drug-likeness (QED) is 0.778. The molecular weight excluding hydrogens is 289 g/mol. The van der Waals surface area contributed by atoms with Crippen molar-refractivity contribution >= 4 is 22.0 Å². The molecule has 2 aromatic heterocycles. The smallest absolute Gasteiger partial charge is 0.194 e. The average molecular weight is 305 g/mol. The van der Waals surface area contributed by atoms with Gasteiger partial charge in [-0.3, -0.25) is 4.40 Å². The molecule has 4 nitrogen and oxygen atoms in total. The number of ether oxygens (including phenoxy) is 1. The second-order valence-corrected chi connectivity index (χ2v) is 5.50. The molecule has 0 saturated carbocycles. The zero-order valence-electron chi connectivity index (χ0n) is 11.9. The predicted octanol–water partition coefficient (Wildman–Crippen LogP) is 3.85. The van der Waals surface area contributed by atoms with E-state index in [1.54, 1.807) is 17.4 Å². The Labute approximate surface area is 126 Å². The van der Waals surface area contributed by atoms with Gasteiger partial charge >= 0.3 is 0 Å². The van der Waals surface area contributed by atoms with Gasteiger partial charge in [0.2, 0.25) is 0 Å². The molecule has 0 amide bonds. The normalized spacial score (nSPS) is 11.0. The van der Waals surface area contributed by atoms with Crippen molar-refractivity contribution in [1.82, 2.24) is 9.38 Å². The van der Waals surface area contributed by atoms with Crippen LogP contribution in [0.15, 0.2) is 29.8 Å². The van der Waals surface area contributed by atoms with Gasteiger partial charge in [0.05, 0.1) is 30.2 Å². The Kier molecular flexibility index (Phi) is 3.79. The number of nitrogens with one attached hydrogen (secondary N) is 1. The number of hydrogen-bond acceptors (Lipinski definition) is 4. The lowest BCUT2D eigenvalue weighted by atomic mass is 10.2. The van der Waals surface area contributed by atoms with E-state index >= 15 is 0 Å². The number of fused-ring (bicyclic) bond motifs is 1. The number of hydrogen-bond donors (Lipinski definition) is 1. The maximum absolute atomic E-state index is 13.3. The van der Waals surface area contributed by atoms with Crippen molar-refractivity contribution in [3.05, 3.63) is 47.0 Å². The molecule has 0 fully saturated rings. The molecule has 0 radical (unpaired) electrons. The SMILES string of the molecule is CCOc1cc(F)ccc1NCc1c(C)nc2sccn12. The third-order valence-corrected chi connectivity index (χ3v) is 4.01. The van der Waals surface area contributed by atoms with Gasteiger partial charge in [0.15, 0.2) is 4.96 Å². The molecule has 1 aromatic carbocycles. The minimum absolute atomic E-state index is 0.301. The van der Waals surface area contributed by atoms with Crippen LogP contribution in [0, 0.1) is 12.7 Å². The maximum Gasteiger partial charge on any atom is 0.194 e. The number of rotatable bonds is 5. The molecule has 1 N–H and O–H groups in total. The molecule has 0 atom stereocenters.